The second-order valence-electron chi connectivity index (χ2n) is 3.49. The molecule has 0 radical (unpaired) electrons. The van der Waals surface area contributed by atoms with Gasteiger partial charge in [0.05, 0.1) is 0 Å². The van der Waals surface area contributed by atoms with Gasteiger partial charge in [0.15, 0.2) is 13.2 Å². The first-order valence-electron chi connectivity index (χ1n) is 5.46. The van der Waals surface area contributed by atoms with Gasteiger partial charge in [-0.15, -0.1) is 0 Å². The molecule has 0 spiro atoms. The van der Waals surface area contributed by atoms with E-state index in [1.807, 2.05) is 24.5 Å². The van der Waals surface area contributed by atoms with E-state index >= 15 is 0 Å². The molecule has 1 aromatic rings. The summed E-state index contributed by atoms with van der Waals surface area (Å²) in [6.45, 7) is 1.23. The van der Waals surface area contributed by atoms with E-state index in [0.717, 1.165) is 6.42 Å². The Morgan fingerprint density at radius 2 is 1.89 bits per heavy atom. The van der Waals surface area contributed by atoms with Gasteiger partial charge < -0.3 is 9.84 Å². The lowest BCUT2D eigenvalue weighted by Crippen LogP contribution is -2.30. The van der Waals surface area contributed by atoms with Gasteiger partial charge in [-0.05, 0) is 24.1 Å². The van der Waals surface area contributed by atoms with Crippen LogP contribution in [0.5, 0.6) is 5.75 Å². The monoisotopic (exact) mass is 253 g/mol. The number of carbonyl (C=O) groups excluding carboxylic acids is 1. The summed E-state index contributed by atoms with van der Waals surface area (Å²) >= 11 is 0. The molecule has 0 saturated heterocycles. The Balaban J connectivity index is 2.26. The number of amides is 1. The number of hydroxylamine groups is 1. The fourth-order valence-electron chi connectivity index (χ4n) is 1.18. The van der Waals surface area contributed by atoms with Crippen LogP contribution in [0.15, 0.2) is 24.3 Å². The quantitative estimate of drug-likeness (QED) is 0.701. The lowest BCUT2D eigenvalue weighted by molar-refractivity contribution is -0.149. The van der Waals surface area contributed by atoms with E-state index in [9.17, 15) is 9.59 Å². The van der Waals surface area contributed by atoms with Crippen molar-refractivity contribution in [2.45, 2.75) is 13.3 Å². The van der Waals surface area contributed by atoms with Gasteiger partial charge in [0.2, 0.25) is 0 Å². The Hall–Kier alpha value is -2.08. The maximum Gasteiger partial charge on any atom is 0.332 e. The van der Waals surface area contributed by atoms with E-state index in [-0.39, 0.29) is 6.61 Å². The van der Waals surface area contributed by atoms with Gasteiger partial charge in [0.1, 0.15) is 5.75 Å². The lowest BCUT2D eigenvalue weighted by atomic mass is 10.2. The fraction of sp³-hybridized carbons (Fsp3) is 0.333. The summed E-state index contributed by atoms with van der Waals surface area (Å²) in [4.78, 5) is 25.7. The summed E-state index contributed by atoms with van der Waals surface area (Å²) in [5.41, 5.74) is 3.14. The Labute approximate surface area is 104 Å². The minimum Gasteiger partial charge on any atom is -0.484 e. The number of hydrogen-bond acceptors (Lipinski definition) is 4. The number of nitrogens with one attached hydrogen (secondary N) is 1. The van der Waals surface area contributed by atoms with Crippen molar-refractivity contribution in [2.75, 3.05) is 13.2 Å². The standard InChI is InChI=1S/C12H15NO5/c1-2-9-3-5-10(6-4-9)17-7-11(14)13-18-8-12(15)16/h3-6H,2,7-8H2,1H3,(H,13,14)(H,15,16). The van der Waals surface area contributed by atoms with Gasteiger partial charge in [0.25, 0.3) is 5.91 Å². The number of aryl methyl sites for hydroxylation is 1. The lowest BCUT2D eigenvalue weighted by Gasteiger charge is -2.07. The first-order valence-corrected chi connectivity index (χ1v) is 5.46. The molecule has 98 valence electrons. The molecular formula is C12H15NO5. The Bertz CT molecular complexity index is 401. The van der Waals surface area contributed by atoms with Crippen LogP contribution < -0.4 is 10.2 Å². The molecule has 6 nitrogen and oxygen atoms in total. The highest BCUT2D eigenvalue weighted by molar-refractivity contribution is 5.76. The summed E-state index contributed by atoms with van der Waals surface area (Å²) < 4.78 is 5.19. The van der Waals surface area contributed by atoms with E-state index in [1.165, 1.54) is 5.56 Å². The molecule has 2 N–H and O–H groups in total. The molecule has 0 heterocycles. The molecular weight excluding hydrogens is 238 g/mol. The molecule has 0 bridgehead atoms. The van der Waals surface area contributed by atoms with Gasteiger partial charge >= 0.3 is 5.97 Å². The van der Waals surface area contributed by atoms with Gasteiger partial charge in [-0.2, -0.15) is 0 Å². The van der Waals surface area contributed by atoms with Crippen LogP contribution in [0.4, 0.5) is 0 Å². The highest BCUT2D eigenvalue weighted by atomic mass is 16.7. The summed E-state index contributed by atoms with van der Waals surface area (Å²) in [6.07, 6.45) is 0.934. The Morgan fingerprint density at radius 3 is 2.44 bits per heavy atom. The van der Waals surface area contributed by atoms with E-state index in [2.05, 4.69) is 4.84 Å². The number of rotatable bonds is 7. The van der Waals surface area contributed by atoms with Crippen LogP contribution in [0.25, 0.3) is 0 Å². The molecule has 6 heteroatoms. The number of carbonyl (C=O) groups is 2. The third-order valence-corrected chi connectivity index (χ3v) is 2.08. The fourth-order valence-corrected chi connectivity index (χ4v) is 1.18. The average molecular weight is 253 g/mol. The van der Waals surface area contributed by atoms with Crippen molar-refractivity contribution in [3.63, 3.8) is 0 Å². The minimum absolute atomic E-state index is 0.231. The van der Waals surface area contributed by atoms with E-state index in [4.69, 9.17) is 9.84 Å². The van der Waals surface area contributed by atoms with Crippen LogP contribution in [0, 0.1) is 0 Å². The van der Waals surface area contributed by atoms with Crippen molar-refractivity contribution in [1.82, 2.24) is 5.48 Å². The minimum atomic E-state index is -1.16. The van der Waals surface area contributed by atoms with Crippen molar-refractivity contribution in [1.29, 1.82) is 0 Å². The van der Waals surface area contributed by atoms with E-state index in [1.54, 1.807) is 12.1 Å². The van der Waals surface area contributed by atoms with Crippen LogP contribution in [0.1, 0.15) is 12.5 Å². The third-order valence-electron chi connectivity index (χ3n) is 2.08. The largest absolute Gasteiger partial charge is 0.484 e. The SMILES string of the molecule is CCc1ccc(OCC(=O)NOCC(=O)O)cc1. The van der Waals surface area contributed by atoms with Crippen molar-refractivity contribution >= 4 is 11.9 Å². The van der Waals surface area contributed by atoms with Gasteiger partial charge in [0, 0.05) is 0 Å². The number of ether oxygens (including phenoxy) is 1. The first-order chi connectivity index (χ1) is 8.61. The number of benzene rings is 1. The van der Waals surface area contributed by atoms with Gasteiger partial charge in [-0.3, -0.25) is 9.63 Å². The summed E-state index contributed by atoms with van der Waals surface area (Å²) in [5, 5.41) is 8.28. The normalized spacial score (nSPS) is 9.83. The molecule has 0 fully saturated rings. The van der Waals surface area contributed by atoms with Crippen molar-refractivity contribution in [3.05, 3.63) is 29.8 Å². The molecule has 0 aromatic heterocycles. The second-order valence-corrected chi connectivity index (χ2v) is 3.49. The number of hydrogen-bond donors (Lipinski definition) is 2. The average Bonchev–Trinajstić information content (AvgIpc) is 2.36. The smallest absolute Gasteiger partial charge is 0.332 e. The Morgan fingerprint density at radius 1 is 1.22 bits per heavy atom. The van der Waals surface area contributed by atoms with E-state index in [0.29, 0.717) is 5.75 Å². The van der Waals surface area contributed by atoms with Crippen LogP contribution in [0.2, 0.25) is 0 Å². The van der Waals surface area contributed by atoms with Gasteiger partial charge in [-0.1, -0.05) is 19.1 Å². The van der Waals surface area contributed by atoms with Gasteiger partial charge in [-0.25, -0.2) is 10.3 Å². The molecule has 1 amide bonds. The van der Waals surface area contributed by atoms with Crippen molar-refractivity contribution < 1.29 is 24.3 Å². The summed E-state index contributed by atoms with van der Waals surface area (Å²) in [5.74, 6) is -1.14. The predicted molar refractivity (Wildman–Crippen MR) is 63.0 cm³/mol. The highest BCUT2D eigenvalue weighted by Gasteiger charge is 2.04. The second kappa shape index (κ2) is 7.29. The molecule has 0 aliphatic carbocycles. The number of aliphatic carboxylic acids is 1. The molecule has 1 aromatic carbocycles. The zero-order valence-electron chi connectivity index (χ0n) is 10.0. The summed E-state index contributed by atoms with van der Waals surface area (Å²) in [7, 11) is 0. The molecule has 0 atom stereocenters. The summed E-state index contributed by atoms with van der Waals surface area (Å²) in [6, 6.07) is 7.36. The zero-order valence-corrected chi connectivity index (χ0v) is 10.0. The molecule has 0 aliphatic rings. The Kier molecular flexibility index (Phi) is 5.66. The van der Waals surface area contributed by atoms with Crippen molar-refractivity contribution in [2.24, 2.45) is 0 Å². The topological polar surface area (TPSA) is 84.9 Å². The third kappa shape index (κ3) is 5.31. The first kappa shape index (κ1) is 14.0. The zero-order chi connectivity index (χ0) is 13.4. The molecule has 0 saturated carbocycles. The molecule has 0 unspecified atom stereocenters. The maximum absolute atomic E-state index is 11.2. The predicted octanol–water partition coefficient (Wildman–Crippen LogP) is 0.760. The van der Waals surface area contributed by atoms with Crippen LogP contribution in [-0.4, -0.2) is 30.2 Å². The molecule has 0 aliphatic heterocycles. The van der Waals surface area contributed by atoms with Crippen LogP contribution in [0.3, 0.4) is 0 Å². The highest BCUT2D eigenvalue weighted by Crippen LogP contribution is 2.12. The molecule has 1 rings (SSSR count). The van der Waals surface area contributed by atoms with Crippen LogP contribution in [-0.2, 0) is 20.8 Å². The van der Waals surface area contributed by atoms with E-state index < -0.39 is 18.5 Å². The number of carboxylic acid groups (broad SMARTS) is 1. The molecule has 18 heavy (non-hydrogen) atoms. The van der Waals surface area contributed by atoms with Crippen molar-refractivity contribution in [3.8, 4) is 5.75 Å². The maximum atomic E-state index is 11.2. The van der Waals surface area contributed by atoms with Crippen LogP contribution >= 0.6 is 0 Å². The number of carboxylic acids is 1.